The van der Waals surface area contributed by atoms with Gasteiger partial charge in [-0.05, 0) is 36.8 Å². The number of rotatable bonds is 6. The third-order valence-corrected chi connectivity index (χ3v) is 3.95. The van der Waals surface area contributed by atoms with Gasteiger partial charge in [0.15, 0.2) is 11.5 Å². The van der Waals surface area contributed by atoms with Gasteiger partial charge in [0.2, 0.25) is 0 Å². The molecule has 7 nitrogen and oxygen atoms in total. The van der Waals surface area contributed by atoms with Gasteiger partial charge in [0, 0.05) is 16.5 Å². The lowest BCUT2D eigenvalue weighted by atomic mass is 10.2. The zero-order valence-electron chi connectivity index (χ0n) is 15.2. The van der Waals surface area contributed by atoms with E-state index in [2.05, 4.69) is 15.8 Å². The summed E-state index contributed by atoms with van der Waals surface area (Å²) in [6, 6.07) is 14.1. The van der Waals surface area contributed by atoms with E-state index in [1.807, 2.05) is 31.2 Å². The predicted molar refractivity (Wildman–Crippen MR) is 102 cm³/mol. The second-order valence-electron chi connectivity index (χ2n) is 5.89. The highest BCUT2D eigenvalue weighted by Gasteiger charge is 2.14. The van der Waals surface area contributed by atoms with Crippen molar-refractivity contribution in [3.63, 3.8) is 0 Å². The van der Waals surface area contributed by atoms with Crippen molar-refractivity contribution in [3.8, 4) is 11.5 Å². The van der Waals surface area contributed by atoms with Crippen LogP contribution < -0.4 is 20.3 Å². The summed E-state index contributed by atoms with van der Waals surface area (Å²) < 4.78 is 10.8. The highest BCUT2D eigenvalue weighted by atomic mass is 16.5. The van der Waals surface area contributed by atoms with Crippen LogP contribution >= 0.6 is 0 Å². The molecule has 0 fully saturated rings. The molecule has 140 valence electrons. The molecule has 3 N–H and O–H groups in total. The molecule has 0 unspecified atom stereocenters. The number of para-hydroxylation sites is 1. The summed E-state index contributed by atoms with van der Waals surface area (Å²) >= 11 is 0. The van der Waals surface area contributed by atoms with E-state index in [4.69, 9.17) is 9.47 Å². The second-order valence-corrected chi connectivity index (χ2v) is 5.89. The van der Waals surface area contributed by atoms with Gasteiger partial charge in [-0.25, -0.2) is 0 Å². The molecule has 0 aliphatic carbocycles. The standard InChI is InChI=1S/C20H21N3O4/c1-3-10-27-17-9-8-14(12-18(17)26-2)19(24)22-23-20(25)16-11-13-6-4-5-7-15(13)21-16/h4-9,11-12,21H,3,10H2,1-2H3,(H,22,24)(H,23,25). The number of benzene rings is 2. The number of carbonyl (C=O) groups excluding carboxylic acids is 2. The van der Waals surface area contributed by atoms with Gasteiger partial charge in [-0.15, -0.1) is 0 Å². The van der Waals surface area contributed by atoms with Crippen LogP contribution in [0.2, 0.25) is 0 Å². The average molecular weight is 367 g/mol. The van der Waals surface area contributed by atoms with Gasteiger partial charge in [0.05, 0.1) is 13.7 Å². The van der Waals surface area contributed by atoms with Gasteiger partial charge in [-0.2, -0.15) is 0 Å². The molecular formula is C20H21N3O4. The number of hydrogen-bond acceptors (Lipinski definition) is 4. The number of ether oxygens (including phenoxy) is 2. The zero-order valence-corrected chi connectivity index (χ0v) is 15.2. The molecule has 0 saturated heterocycles. The van der Waals surface area contributed by atoms with E-state index in [-0.39, 0.29) is 0 Å². The molecule has 0 aliphatic heterocycles. The Labute approximate surface area is 156 Å². The van der Waals surface area contributed by atoms with E-state index in [1.54, 1.807) is 24.3 Å². The Bertz CT molecular complexity index is 932. The Morgan fingerprint density at radius 2 is 1.78 bits per heavy atom. The zero-order chi connectivity index (χ0) is 19.2. The number of fused-ring (bicyclic) bond motifs is 1. The monoisotopic (exact) mass is 367 g/mol. The first-order chi connectivity index (χ1) is 13.1. The van der Waals surface area contributed by atoms with Crippen LogP contribution in [0, 0.1) is 0 Å². The largest absolute Gasteiger partial charge is 0.493 e. The topological polar surface area (TPSA) is 92.5 Å². The second kappa shape index (κ2) is 8.27. The Morgan fingerprint density at radius 1 is 1.00 bits per heavy atom. The summed E-state index contributed by atoms with van der Waals surface area (Å²) in [6.07, 6.45) is 0.866. The third-order valence-electron chi connectivity index (χ3n) is 3.95. The van der Waals surface area contributed by atoms with Crippen molar-refractivity contribution in [2.45, 2.75) is 13.3 Å². The predicted octanol–water partition coefficient (Wildman–Crippen LogP) is 3.04. The van der Waals surface area contributed by atoms with E-state index in [0.717, 1.165) is 17.3 Å². The lowest BCUT2D eigenvalue weighted by molar-refractivity contribution is 0.0844. The van der Waals surface area contributed by atoms with Crippen LogP contribution in [-0.4, -0.2) is 30.5 Å². The maximum Gasteiger partial charge on any atom is 0.286 e. The van der Waals surface area contributed by atoms with Gasteiger partial charge >= 0.3 is 0 Å². The summed E-state index contributed by atoms with van der Waals surface area (Å²) in [5.41, 5.74) is 6.35. The molecule has 7 heteroatoms. The molecule has 0 aliphatic rings. The van der Waals surface area contributed by atoms with Crippen LogP contribution in [0.4, 0.5) is 0 Å². The Hall–Kier alpha value is -3.48. The van der Waals surface area contributed by atoms with Gasteiger partial charge in [-0.1, -0.05) is 25.1 Å². The number of H-pyrrole nitrogens is 1. The van der Waals surface area contributed by atoms with Crippen LogP contribution in [0.1, 0.15) is 34.2 Å². The Balaban J connectivity index is 1.65. The average Bonchev–Trinajstić information content (AvgIpc) is 3.14. The van der Waals surface area contributed by atoms with Crippen molar-refractivity contribution in [2.75, 3.05) is 13.7 Å². The van der Waals surface area contributed by atoms with E-state index in [9.17, 15) is 9.59 Å². The Kier molecular flexibility index (Phi) is 5.61. The van der Waals surface area contributed by atoms with E-state index in [0.29, 0.717) is 29.4 Å². The molecule has 1 heterocycles. The smallest absolute Gasteiger partial charge is 0.286 e. The minimum Gasteiger partial charge on any atom is -0.493 e. The van der Waals surface area contributed by atoms with Gasteiger partial charge in [0.1, 0.15) is 5.69 Å². The first-order valence-electron chi connectivity index (χ1n) is 8.61. The fourth-order valence-corrected chi connectivity index (χ4v) is 2.59. The fraction of sp³-hybridized carbons (Fsp3) is 0.200. The fourth-order valence-electron chi connectivity index (χ4n) is 2.59. The maximum atomic E-state index is 12.3. The number of aromatic nitrogens is 1. The van der Waals surface area contributed by atoms with Crippen molar-refractivity contribution in [2.24, 2.45) is 0 Å². The van der Waals surface area contributed by atoms with Crippen LogP contribution in [-0.2, 0) is 0 Å². The molecule has 0 bridgehead atoms. The van der Waals surface area contributed by atoms with E-state index in [1.165, 1.54) is 7.11 Å². The van der Waals surface area contributed by atoms with Crippen molar-refractivity contribution in [1.29, 1.82) is 0 Å². The van der Waals surface area contributed by atoms with Crippen LogP contribution in [0.15, 0.2) is 48.5 Å². The van der Waals surface area contributed by atoms with E-state index < -0.39 is 11.8 Å². The molecule has 2 amide bonds. The minimum absolute atomic E-state index is 0.340. The van der Waals surface area contributed by atoms with Gasteiger partial charge in [0.25, 0.3) is 11.8 Å². The molecule has 3 rings (SSSR count). The molecule has 0 radical (unpaired) electrons. The highest BCUT2D eigenvalue weighted by Crippen LogP contribution is 2.28. The summed E-state index contributed by atoms with van der Waals surface area (Å²) in [5.74, 6) is 0.130. The summed E-state index contributed by atoms with van der Waals surface area (Å²) in [6.45, 7) is 2.56. The van der Waals surface area contributed by atoms with Crippen molar-refractivity contribution >= 4 is 22.7 Å². The summed E-state index contributed by atoms with van der Waals surface area (Å²) in [4.78, 5) is 27.6. The molecule has 2 aromatic carbocycles. The third kappa shape index (κ3) is 4.20. The number of methoxy groups -OCH3 is 1. The summed E-state index contributed by atoms with van der Waals surface area (Å²) in [7, 11) is 1.51. The van der Waals surface area contributed by atoms with Gasteiger partial charge in [-0.3, -0.25) is 20.4 Å². The molecule has 3 aromatic rings. The normalized spacial score (nSPS) is 10.4. The van der Waals surface area contributed by atoms with Crippen LogP contribution in [0.5, 0.6) is 11.5 Å². The summed E-state index contributed by atoms with van der Waals surface area (Å²) in [5, 5.41) is 0.918. The lowest BCUT2D eigenvalue weighted by Gasteiger charge is -2.12. The minimum atomic E-state index is -0.459. The number of hydrazine groups is 1. The molecule has 0 saturated carbocycles. The molecule has 0 spiro atoms. The van der Waals surface area contributed by atoms with Crippen molar-refractivity contribution in [3.05, 3.63) is 59.8 Å². The number of aromatic amines is 1. The first-order valence-corrected chi connectivity index (χ1v) is 8.61. The van der Waals surface area contributed by atoms with Gasteiger partial charge < -0.3 is 14.5 Å². The quantitative estimate of drug-likeness (QED) is 0.584. The Morgan fingerprint density at radius 3 is 2.52 bits per heavy atom. The van der Waals surface area contributed by atoms with Crippen molar-refractivity contribution < 1.29 is 19.1 Å². The molecular weight excluding hydrogens is 346 g/mol. The number of amides is 2. The highest BCUT2D eigenvalue weighted by molar-refractivity contribution is 6.01. The van der Waals surface area contributed by atoms with E-state index >= 15 is 0 Å². The molecule has 27 heavy (non-hydrogen) atoms. The number of nitrogens with one attached hydrogen (secondary N) is 3. The SMILES string of the molecule is CCCOc1ccc(C(=O)NNC(=O)c2cc3ccccc3[nH]2)cc1OC. The van der Waals surface area contributed by atoms with Crippen LogP contribution in [0.25, 0.3) is 10.9 Å². The maximum absolute atomic E-state index is 12.3. The van der Waals surface area contributed by atoms with Crippen molar-refractivity contribution in [1.82, 2.24) is 15.8 Å². The van der Waals surface area contributed by atoms with Crippen LogP contribution in [0.3, 0.4) is 0 Å². The molecule has 1 aromatic heterocycles. The lowest BCUT2D eigenvalue weighted by Crippen LogP contribution is -2.41. The molecule has 0 atom stereocenters. The number of carbonyl (C=O) groups is 2. The first kappa shape index (κ1) is 18.3. The number of hydrogen-bond donors (Lipinski definition) is 3.